The van der Waals surface area contributed by atoms with Crippen LogP contribution in [0.15, 0.2) is 53.1 Å². The molecule has 5 nitrogen and oxygen atoms in total. The lowest BCUT2D eigenvalue weighted by molar-refractivity contribution is 1.32. The maximum absolute atomic E-state index is 9.36. The van der Waals surface area contributed by atoms with Crippen molar-refractivity contribution in [3.05, 3.63) is 53.0 Å². The second-order valence-electron chi connectivity index (χ2n) is 4.71. The first kappa shape index (κ1) is 13.8. The van der Waals surface area contributed by atoms with Crippen molar-refractivity contribution in [2.75, 3.05) is 5.43 Å². The minimum atomic E-state index is 0.274. The molecule has 0 amide bonds. The zero-order chi connectivity index (χ0) is 15.6. The summed E-state index contributed by atoms with van der Waals surface area (Å²) in [6, 6.07) is 15.7. The Bertz CT molecular complexity index is 1040. The lowest BCUT2D eigenvalue weighted by Crippen LogP contribution is -2.01. The van der Waals surface area contributed by atoms with Gasteiger partial charge in [-0.3, -0.25) is 5.43 Å². The number of rotatable bonds is 3. The topological polar surface area (TPSA) is 74.0 Å². The van der Waals surface area contributed by atoms with Gasteiger partial charge >= 0.3 is 0 Å². The molecule has 23 heavy (non-hydrogen) atoms. The van der Waals surface area contributed by atoms with E-state index < -0.39 is 0 Å². The van der Waals surface area contributed by atoms with Gasteiger partial charge in [-0.1, -0.05) is 12.1 Å². The molecule has 0 fully saturated rings. The van der Waals surface area contributed by atoms with E-state index in [-0.39, 0.29) is 5.71 Å². The van der Waals surface area contributed by atoms with Crippen LogP contribution < -0.4 is 5.43 Å². The van der Waals surface area contributed by atoms with E-state index in [1.165, 1.54) is 11.3 Å². The second kappa shape index (κ2) is 5.76. The third-order valence-electron chi connectivity index (χ3n) is 3.23. The van der Waals surface area contributed by atoms with Crippen molar-refractivity contribution in [2.45, 2.75) is 0 Å². The van der Waals surface area contributed by atoms with E-state index in [0.29, 0.717) is 5.01 Å². The zero-order valence-corrected chi connectivity index (χ0v) is 13.4. The monoisotopic (exact) mass is 335 g/mol. The molecule has 2 heterocycles. The summed E-state index contributed by atoms with van der Waals surface area (Å²) >= 11 is 3.02. The Morgan fingerprint density at radius 1 is 1.13 bits per heavy atom. The molecule has 0 aliphatic carbocycles. The highest BCUT2D eigenvalue weighted by Crippen LogP contribution is 2.23. The summed E-state index contributed by atoms with van der Waals surface area (Å²) < 4.78 is 2.11. The minimum absolute atomic E-state index is 0.274. The fourth-order valence-corrected chi connectivity index (χ4v) is 3.76. The number of nitrogens with zero attached hydrogens (tertiary/aromatic N) is 4. The predicted octanol–water partition coefficient (Wildman–Crippen LogP) is 4.25. The number of aromatic nitrogens is 2. The average molecular weight is 335 g/mol. The van der Waals surface area contributed by atoms with Gasteiger partial charge in [0.15, 0.2) is 10.7 Å². The van der Waals surface area contributed by atoms with Crippen molar-refractivity contribution in [1.29, 1.82) is 5.26 Å². The fourth-order valence-electron chi connectivity index (χ4n) is 2.14. The molecule has 1 N–H and O–H groups in total. The number of benzene rings is 2. The maximum Gasteiger partial charge on any atom is 0.196 e. The number of nitrogens with one attached hydrogen (secondary N) is 1. The van der Waals surface area contributed by atoms with E-state index in [1.54, 1.807) is 16.8 Å². The first-order valence-electron chi connectivity index (χ1n) is 6.76. The van der Waals surface area contributed by atoms with Crippen LogP contribution in [0.1, 0.15) is 5.01 Å². The molecule has 0 saturated carbocycles. The quantitative estimate of drug-likeness (QED) is 0.449. The van der Waals surface area contributed by atoms with E-state index >= 15 is 0 Å². The van der Waals surface area contributed by atoms with Crippen molar-refractivity contribution in [2.24, 2.45) is 5.10 Å². The van der Waals surface area contributed by atoms with E-state index in [4.69, 9.17) is 0 Å². The Balaban J connectivity index is 1.65. The van der Waals surface area contributed by atoms with E-state index in [0.717, 1.165) is 26.1 Å². The average Bonchev–Trinajstić information content (AvgIpc) is 3.21. The van der Waals surface area contributed by atoms with Crippen LogP contribution in [0.2, 0.25) is 0 Å². The minimum Gasteiger partial charge on any atom is -0.277 e. The van der Waals surface area contributed by atoms with Crippen molar-refractivity contribution >= 4 is 54.5 Å². The summed E-state index contributed by atoms with van der Waals surface area (Å²) in [5.74, 6) is 0. The van der Waals surface area contributed by atoms with Crippen LogP contribution in [-0.4, -0.2) is 15.7 Å². The van der Waals surface area contributed by atoms with Crippen LogP contribution in [0.5, 0.6) is 0 Å². The standard InChI is InChI=1S/C16H9N5S2/c17-8-13(16-19-12-3-1-2-4-14(12)23-16)21-20-10-5-6-11-15(7-10)22-9-18-11/h1-7,9,20H. The lowest BCUT2D eigenvalue weighted by Gasteiger charge is -2.00. The van der Waals surface area contributed by atoms with E-state index in [9.17, 15) is 5.26 Å². The van der Waals surface area contributed by atoms with Crippen LogP contribution in [-0.2, 0) is 0 Å². The molecule has 0 spiro atoms. The van der Waals surface area contributed by atoms with Gasteiger partial charge in [0.05, 0.1) is 31.6 Å². The van der Waals surface area contributed by atoms with Crippen molar-refractivity contribution in [3.8, 4) is 6.07 Å². The molecule has 0 radical (unpaired) electrons. The molecule has 0 bridgehead atoms. The first-order valence-corrected chi connectivity index (χ1v) is 8.46. The smallest absolute Gasteiger partial charge is 0.196 e. The van der Waals surface area contributed by atoms with Gasteiger partial charge < -0.3 is 0 Å². The molecule has 7 heteroatoms. The molecule has 110 valence electrons. The third-order valence-corrected chi connectivity index (χ3v) is 5.07. The van der Waals surface area contributed by atoms with Gasteiger partial charge in [0.2, 0.25) is 0 Å². The molecule has 4 rings (SSSR count). The summed E-state index contributed by atoms with van der Waals surface area (Å²) in [4.78, 5) is 8.69. The molecular formula is C16H9N5S2. The lowest BCUT2D eigenvalue weighted by atomic mass is 10.3. The van der Waals surface area contributed by atoms with E-state index in [1.807, 2.05) is 42.5 Å². The maximum atomic E-state index is 9.36. The molecule has 0 aliphatic rings. The van der Waals surface area contributed by atoms with Crippen molar-refractivity contribution < 1.29 is 0 Å². The number of hydrogen-bond donors (Lipinski definition) is 1. The highest BCUT2D eigenvalue weighted by Gasteiger charge is 2.10. The van der Waals surface area contributed by atoms with Crippen LogP contribution >= 0.6 is 22.7 Å². The van der Waals surface area contributed by atoms with Crippen LogP contribution in [0.3, 0.4) is 0 Å². The van der Waals surface area contributed by atoms with Crippen molar-refractivity contribution in [3.63, 3.8) is 0 Å². The Kier molecular flexibility index (Phi) is 3.46. The summed E-state index contributed by atoms with van der Waals surface area (Å²) in [5, 5.41) is 14.2. The largest absolute Gasteiger partial charge is 0.277 e. The molecule has 0 unspecified atom stereocenters. The molecule has 0 aliphatic heterocycles. The number of hydrazone groups is 1. The van der Waals surface area contributed by atoms with Gasteiger partial charge in [-0.05, 0) is 30.3 Å². The highest BCUT2D eigenvalue weighted by molar-refractivity contribution is 7.20. The van der Waals surface area contributed by atoms with Gasteiger partial charge in [0.1, 0.15) is 6.07 Å². The SMILES string of the molecule is N#CC(=NNc1ccc2ncsc2c1)c1nc2ccccc2s1. The van der Waals surface area contributed by atoms with E-state index in [2.05, 4.69) is 26.6 Å². The Morgan fingerprint density at radius 3 is 2.91 bits per heavy atom. The number of fused-ring (bicyclic) bond motifs is 2. The van der Waals surface area contributed by atoms with Gasteiger partial charge in [-0.25, -0.2) is 9.97 Å². The van der Waals surface area contributed by atoms with Crippen LogP contribution in [0.4, 0.5) is 5.69 Å². The summed E-state index contributed by atoms with van der Waals surface area (Å²) in [7, 11) is 0. The number of anilines is 1. The highest BCUT2D eigenvalue weighted by atomic mass is 32.1. The van der Waals surface area contributed by atoms with Gasteiger partial charge in [-0.2, -0.15) is 10.4 Å². The number of para-hydroxylation sites is 1. The van der Waals surface area contributed by atoms with Crippen LogP contribution in [0.25, 0.3) is 20.4 Å². The predicted molar refractivity (Wildman–Crippen MR) is 95.0 cm³/mol. The van der Waals surface area contributed by atoms with Gasteiger partial charge in [-0.15, -0.1) is 22.7 Å². The zero-order valence-electron chi connectivity index (χ0n) is 11.7. The van der Waals surface area contributed by atoms with Crippen molar-refractivity contribution in [1.82, 2.24) is 9.97 Å². The molecule has 4 aromatic rings. The Labute approximate surface area is 139 Å². The number of thiazole rings is 2. The second-order valence-corrected chi connectivity index (χ2v) is 6.62. The third kappa shape index (κ3) is 2.65. The molecule has 2 aromatic heterocycles. The number of hydrogen-bond acceptors (Lipinski definition) is 7. The first-order chi connectivity index (χ1) is 11.3. The molecule has 2 aromatic carbocycles. The summed E-state index contributed by atoms with van der Waals surface area (Å²) in [6.45, 7) is 0. The molecular weight excluding hydrogens is 326 g/mol. The van der Waals surface area contributed by atoms with Gasteiger partial charge in [0.25, 0.3) is 0 Å². The molecule has 0 atom stereocenters. The van der Waals surface area contributed by atoms with Gasteiger partial charge in [0, 0.05) is 0 Å². The Hall–Kier alpha value is -2.82. The normalized spacial score (nSPS) is 11.7. The number of nitriles is 1. The summed E-state index contributed by atoms with van der Waals surface area (Å²) in [6.07, 6.45) is 0. The van der Waals surface area contributed by atoms with Crippen LogP contribution in [0, 0.1) is 11.3 Å². The summed E-state index contributed by atoms with van der Waals surface area (Å²) in [5.41, 5.74) is 7.66. The Morgan fingerprint density at radius 2 is 2.04 bits per heavy atom. The fraction of sp³-hybridized carbons (Fsp3) is 0. The molecule has 0 saturated heterocycles.